The molecule has 92 valence electrons. The van der Waals surface area contributed by atoms with E-state index in [0.717, 1.165) is 6.42 Å². The Hall–Kier alpha value is -1.89. The average molecular weight is 237 g/mol. The molecule has 0 aliphatic rings. The van der Waals surface area contributed by atoms with Crippen molar-refractivity contribution >= 4 is 11.2 Å². The number of unbranched alkanes of at least 4 members (excludes halogenated alkanes) is 1. The summed E-state index contributed by atoms with van der Waals surface area (Å²) in [4.78, 5) is 30.6. The number of nitrogens with zero attached hydrogens (tertiary/aromatic N) is 3. The maximum absolute atomic E-state index is 12.0. The second-order valence-electron chi connectivity index (χ2n) is 3.90. The largest absolute Gasteiger partial charge is 0.339 e. The third-order valence-electron chi connectivity index (χ3n) is 2.75. The number of nitrogens with one attached hydrogen (secondary N) is 1. The third kappa shape index (κ3) is 1.89. The van der Waals surface area contributed by atoms with Crippen molar-refractivity contribution in [1.29, 1.82) is 0 Å². The predicted molar refractivity (Wildman–Crippen MR) is 63.9 cm³/mol. The number of fused-ring (bicyclic) bond motifs is 1. The van der Waals surface area contributed by atoms with Crippen molar-refractivity contribution in [3.05, 3.63) is 27.2 Å². The molecule has 2 rings (SSSR count). The molecule has 7 nitrogen and oxygen atoms in total. The number of aromatic amines is 1. The van der Waals surface area contributed by atoms with Gasteiger partial charge in [-0.05, 0) is 19.4 Å². The summed E-state index contributed by atoms with van der Waals surface area (Å²) in [7, 11) is 1.60. The summed E-state index contributed by atoms with van der Waals surface area (Å²) in [6, 6.07) is 0. The van der Waals surface area contributed by atoms with Crippen LogP contribution in [0, 0.1) is 0 Å². The highest BCUT2D eigenvalue weighted by molar-refractivity contribution is 5.68. The Labute approximate surface area is 96.9 Å². The van der Waals surface area contributed by atoms with Gasteiger partial charge in [0.25, 0.3) is 5.56 Å². The van der Waals surface area contributed by atoms with Gasteiger partial charge in [-0.25, -0.2) is 9.78 Å². The Kier molecular flexibility index (Phi) is 3.10. The molecule has 0 spiro atoms. The van der Waals surface area contributed by atoms with E-state index in [1.807, 2.05) is 0 Å². The molecule has 17 heavy (non-hydrogen) atoms. The first-order valence-electron chi connectivity index (χ1n) is 5.49. The zero-order chi connectivity index (χ0) is 12.4. The van der Waals surface area contributed by atoms with E-state index in [-0.39, 0.29) is 11.2 Å². The SMILES string of the molecule is Cn1c(=O)n(CCCCN)c(=O)c2[nH]cnc21. The Balaban J connectivity index is 2.55. The zero-order valence-corrected chi connectivity index (χ0v) is 9.64. The van der Waals surface area contributed by atoms with Gasteiger partial charge >= 0.3 is 5.69 Å². The lowest BCUT2D eigenvalue weighted by Crippen LogP contribution is -2.39. The van der Waals surface area contributed by atoms with Gasteiger partial charge in [-0.3, -0.25) is 13.9 Å². The van der Waals surface area contributed by atoms with Gasteiger partial charge in [0.05, 0.1) is 6.33 Å². The number of hydrogen-bond acceptors (Lipinski definition) is 4. The van der Waals surface area contributed by atoms with Crippen LogP contribution in [0.5, 0.6) is 0 Å². The summed E-state index contributed by atoms with van der Waals surface area (Å²) in [6.07, 6.45) is 2.91. The standard InChI is InChI=1S/C10H15N5O2/c1-14-8-7(12-6-13-8)9(16)15(10(14)17)5-3-2-4-11/h6H,2-5,11H2,1H3,(H,12,13). The molecule has 0 radical (unpaired) electrons. The van der Waals surface area contributed by atoms with E-state index in [0.29, 0.717) is 30.7 Å². The molecule has 0 saturated carbocycles. The fraction of sp³-hybridized carbons (Fsp3) is 0.500. The van der Waals surface area contributed by atoms with Gasteiger partial charge in [0, 0.05) is 13.6 Å². The summed E-state index contributed by atoms with van der Waals surface area (Å²) in [5.74, 6) is 0. The Morgan fingerprint density at radius 1 is 1.41 bits per heavy atom. The number of aromatic nitrogens is 4. The summed E-state index contributed by atoms with van der Waals surface area (Å²) in [5.41, 5.74) is 5.47. The summed E-state index contributed by atoms with van der Waals surface area (Å²) in [5, 5.41) is 0. The maximum atomic E-state index is 12.0. The van der Waals surface area contributed by atoms with Crippen LogP contribution >= 0.6 is 0 Å². The van der Waals surface area contributed by atoms with Crippen molar-refractivity contribution in [3.63, 3.8) is 0 Å². The Morgan fingerprint density at radius 2 is 2.18 bits per heavy atom. The molecule has 0 atom stereocenters. The van der Waals surface area contributed by atoms with Gasteiger partial charge in [0.15, 0.2) is 5.65 Å². The van der Waals surface area contributed by atoms with E-state index in [2.05, 4.69) is 9.97 Å². The minimum atomic E-state index is -0.341. The molecule has 0 aliphatic carbocycles. The van der Waals surface area contributed by atoms with Crippen LogP contribution in [0.4, 0.5) is 0 Å². The fourth-order valence-electron chi connectivity index (χ4n) is 1.80. The molecule has 0 fully saturated rings. The first kappa shape index (κ1) is 11.6. The lowest BCUT2D eigenvalue weighted by molar-refractivity contribution is 0.558. The third-order valence-corrected chi connectivity index (χ3v) is 2.75. The maximum Gasteiger partial charge on any atom is 0.332 e. The van der Waals surface area contributed by atoms with Crippen LogP contribution in [0.2, 0.25) is 0 Å². The molecule has 0 saturated heterocycles. The first-order chi connectivity index (χ1) is 8.16. The number of rotatable bonds is 4. The van der Waals surface area contributed by atoms with Gasteiger partial charge < -0.3 is 10.7 Å². The monoisotopic (exact) mass is 237 g/mol. The zero-order valence-electron chi connectivity index (χ0n) is 9.64. The highest BCUT2D eigenvalue weighted by Gasteiger charge is 2.11. The van der Waals surface area contributed by atoms with E-state index in [9.17, 15) is 9.59 Å². The first-order valence-corrected chi connectivity index (χ1v) is 5.49. The van der Waals surface area contributed by atoms with E-state index < -0.39 is 0 Å². The van der Waals surface area contributed by atoms with Crippen molar-refractivity contribution in [2.24, 2.45) is 12.8 Å². The number of imidazole rings is 1. The van der Waals surface area contributed by atoms with Crippen LogP contribution < -0.4 is 17.0 Å². The molecule has 2 aromatic heterocycles. The molecule has 2 aromatic rings. The van der Waals surface area contributed by atoms with Crippen molar-refractivity contribution < 1.29 is 0 Å². The molecule has 0 amide bonds. The smallest absolute Gasteiger partial charge is 0.332 e. The second-order valence-corrected chi connectivity index (χ2v) is 3.90. The summed E-state index contributed by atoms with van der Waals surface area (Å²) < 4.78 is 2.59. The van der Waals surface area contributed by atoms with Crippen LogP contribution in [0.3, 0.4) is 0 Å². The number of aryl methyl sites for hydroxylation is 1. The van der Waals surface area contributed by atoms with Gasteiger partial charge in [-0.1, -0.05) is 0 Å². The molecule has 0 unspecified atom stereocenters. The topological polar surface area (TPSA) is 98.7 Å². The van der Waals surface area contributed by atoms with Gasteiger partial charge in [0.2, 0.25) is 0 Å². The quantitative estimate of drug-likeness (QED) is 0.677. The molecule has 2 heterocycles. The summed E-state index contributed by atoms with van der Waals surface area (Å²) >= 11 is 0. The minimum absolute atomic E-state index is 0.322. The molecule has 0 aromatic carbocycles. The van der Waals surface area contributed by atoms with Gasteiger partial charge in [-0.2, -0.15) is 0 Å². The highest BCUT2D eigenvalue weighted by atomic mass is 16.2. The molecular formula is C10H15N5O2. The van der Waals surface area contributed by atoms with Crippen molar-refractivity contribution in [1.82, 2.24) is 19.1 Å². The predicted octanol–water partition coefficient (Wildman–Crippen LogP) is -0.838. The molecular weight excluding hydrogens is 222 g/mol. The Bertz CT molecular complexity index is 636. The van der Waals surface area contributed by atoms with Gasteiger partial charge in [0.1, 0.15) is 5.52 Å². The lowest BCUT2D eigenvalue weighted by Gasteiger charge is -2.06. The number of nitrogens with two attached hydrogens (primary N) is 1. The van der Waals surface area contributed by atoms with Gasteiger partial charge in [-0.15, -0.1) is 0 Å². The van der Waals surface area contributed by atoms with E-state index in [4.69, 9.17) is 5.73 Å². The highest BCUT2D eigenvalue weighted by Crippen LogP contribution is 1.99. The van der Waals surface area contributed by atoms with Crippen LogP contribution in [0.25, 0.3) is 11.2 Å². The van der Waals surface area contributed by atoms with Crippen molar-refractivity contribution in [2.45, 2.75) is 19.4 Å². The molecule has 7 heteroatoms. The normalized spacial score (nSPS) is 11.2. The van der Waals surface area contributed by atoms with E-state index in [1.165, 1.54) is 15.5 Å². The van der Waals surface area contributed by atoms with Crippen LogP contribution in [0.15, 0.2) is 15.9 Å². The summed E-state index contributed by atoms with van der Waals surface area (Å²) in [6.45, 7) is 0.943. The average Bonchev–Trinajstić information content (AvgIpc) is 2.80. The van der Waals surface area contributed by atoms with E-state index >= 15 is 0 Å². The minimum Gasteiger partial charge on any atom is -0.339 e. The number of H-pyrrole nitrogens is 1. The lowest BCUT2D eigenvalue weighted by atomic mass is 10.3. The van der Waals surface area contributed by atoms with Crippen molar-refractivity contribution in [3.8, 4) is 0 Å². The van der Waals surface area contributed by atoms with Crippen LogP contribution in [-0.4, -0.2) is 25.6 Å². The Morgan fingerprint density at radius 3 is 2.88 bits per heavy atom. The second kappa shape index (κ2) is 4.54. The number of hydrogen-bond donors (Lipinski definition) is 2. The van der Waals surface area contributed by atoms with Crippen molar-refractivity contribution in [2.75, 3.05) is 6.54 Å². The molecule has 3 N–H and O–H groups in total. The molecule has 0 bridgehead atoms. The van der Waals surface area contributed by atoms with E-state index in [1.54, 1.807) is 7.05 Å². The fourth-order valence-corrected chi connectivity index (χ4v) is 1.80. The van der Waals surface area contributed by atoms with Crippen LogP contribution in [0.1, 0.15) is 12.8 Å². The van der Waals surface area contributed by atoms with Crippen LogP contribution in [-0.2, 0) is 13.6 Å². The molecule has 0 aliphatic heterocycles.